The van der Waals surface area contributed by atoms with Crippen LogP contribution >= 0.6 is 0 Å². The van der Waals surface area contributed by atoms with E-state index in [1.54, 1.807) is 18.3 Å². The largest absolute Gasteiger partial charge is 0.369 e. The van der Waals surface area contributed by atoms with Crippen molar-refractivity contribution in [3.05, 3.63) is 72.1 Å². The van der Waals surface area contributed by atoms with Gasteiger partial charge in [0.15, 0.2) is 5.82 Å². The van der Waals surface area contributed by atoms with Crippen molar-refractivity contribution in [1.82, 2.24) is 30.2 Å². The molecule has 9 nitrogen and oxygen atoms in total. The fourth-order valence-electron chi connectivity index (χ4n) is 5.57. The van der Waals surface area contributed by atoms with Crippen LogP contribution in [0.15, 0.2) is 55.1 Å². The lowest BCUT2D eigenvalue weighted by Gasteiger charge is -2.37. The van der Waals surface area contributed by atoms with Gasteiger partial charge in [0.1, 0.15) is 18.0 Å². The number of alkyl halides is 2. The van der Waals surface area contributed by atoms with Crippen LogP contribution in [0.4, 0.5) is 24.8 Å². The molecule has 1 aromatic carbocycles. The summed E-state index contributed by atoms with van der Waals surface area (Å²) in [6, 6.07) is 11.4. The number of nitrogens with zero attached hydrogens (tertiary/aromatic N) is 6. The molecule has 1 fully saturated rings. The number of carbonyl (C=O) groups is 1. The van der Waals surface area contributed by atoms with Crippen LogP contribution in [0, 0.1) is 5.82 Å². The monoisotopic (exact) mass is 592 g/mol. The summed E-state index contributed by atoms with van der Waals surface area (Å²) >= 11 is 0. The Labute approximate surface area is 248 Å². The third-order valence-corrected chi connectivity index (χ3v) is 8.03. The third-order valence-electron chi connectivity index (χ3n) is 8.03. The highest BCUT2D eigenvalue weighted by molar-refractivity contribution is 6.06. The van der Waals surface area contributed by atoms with Crippen LogP contribution in [0.3, 0.4) is 0 Å². The normalized spacial score (nSPS) is 15.0. The summed E-state index contributed by atoms with van der Waals surface area (Å²) in [7, 11) is 3.46. The smallest absolute Gasteiger partial charge is 0.254 e. The topological polar surface area (TPSA) is 99.2 Å². The summed E-state index contributed by atoms with van der Waals surface area (Å²) in [5.74, 6) is 0.268. The zero-order valence-corrected chi connectivity index (χ0v) is 24.4. The number of para-hydroxylation sites is 1. The zero-order valence-electron chi connectivity index (χ0n) is 24.4. The van der Waals surface area contributed by atoms with E-state index in [1.165, 1.54) is 13.4 Å². The highest BCUT2D eigenvalue weighted by atomic mass is 19.3. The number of hydrogen-bond acceptors (Lipinski definition) is 8. The molecule has 1 atom stereocenters. The fourth-order valence-corrected chi connectivity index (χ4v) is 5.57. The van der Waals surface area contributed by atoms with E-state index in [0.29, 0.717) is 42.0 Å². The van der Waals surface area contributed by atoms with E-state index in [0.717, 1.165) is 36.0 Å². The van der Waals surface area contributed by atoms with Gasteiger partial charge in [-0.15, -0.1) is 0 Å². The number of benzene rings is 1. The maximum absolute atomic E-state index is 14.5. The summed E-state index contributed by atoms with van der Waals surface area (Å²) in [6.45, 7) is 3.68. The van der Waals surface area contributed by atoms with Crippen molar-refractivity contribution in [3.8, 4) is 11.3 Å². The lowest BCUT2D eigenvalue weighted by Crippen LogP contribution is -2.45. The first kappa shape index (κ1) is 30.1. The Hall–Kier alpha value is -4.32. The van der Waals surface area contributed by atoms with Gasteiger partial charge in [-0.05, 0) is 30.5 Å². The molecule has 1 aliphatic rings. The van der Waals surface area contributed by atoms with Crippen LogP contribution in [0.5, 0.6) is 0 Å². The van der Waals surface area contributed by atoms with Gasteiger partial charge in [-0.1, -0.05) is 25.1 Å². The van der Waals surface area contributed by atoms with Gasteiger partial charge in [-0.2, -0.15) is 0 Å². The number of nitrogens with one attached hydrogen (secondary N) is 2. The fraction of sp³-hybridized carbons (Fsp3) is 0.387. The second-order valence-corrected chi connectivity index (χ2v) is 10.8. The molecule has 3 aromatic heterocycles. The predicted octanol–water partition coefficient (Wildman–Crippen LogP) is 4.97. The molecule has 0 aliphatic carbocycles. The van der Waals surface area contributed by atoms with Crippen LogP contribution in [-0.4, -0.2) is 83.5 Å². The van der Waals surface area contributed by atoms with E-state index in [-0.39, 0.29) is 24.1 Å². The number of pyridine rings is 2. The van der Waals surface area contributed by atoms with E-state index in [2.05, 4.69) is 35.5 Å². The molecule has 0 spiro atoms. The SMILES string of the molecule is CNC(=O)c1c(F)cnc2c(C(C)CNc3cc(-c4ccc(N(C)C5CCN(CC(F)F)CC5)nc4)ncn3)cccc12. The van der Waals surface area contributed by atoms with E-state index in [9.17, 15) is 18.0 Å². The lowest BCUT2D eigenvalue weighted by molar-refractivity contribution is 0.0754. The van der Waals surface area contributed by atoms with Crippen molar-refractivity contribution in [3.63, 3.8) is 0 Å². The molecule has 1 unspecified atom stereocenters. The number of anilines is 2. The molecule has 0 saturated carbocycles. The van der Waals surface area contributed by atoms with Gasteiger partial charge in [0.25, 0.3) is 12.3 Å². The number of carbonyl (C=O) groups excluding carboxylic acids is 1. The average molecular weight is 593 g/mol. The Morgan fingerprint density at radius 3 is 2.58 bits per heavy atom. The summed E-state index contributed by atoms with van der Waals surface area (Å²) < 4.78 is 39.9. The minimum absolute atomic E-state index is 0.0176. The lowest BCUT2D eigenvalue weighted by atomic mass is 9.96. The van der Waals surface area contributed by atoms with E-state index in [1.807, 2.05) is 43.1 Å². The summed E-state index contributed by atoms with van der Waals surface area (Å²) in [6.07, 6.45) is 3.68. The second-order valence-electron chi connectivity index (χ2n) is 10.8. The predicted molar refractivity (Wildman–Crippen MR) is 161 cm³/mol. The minimum Gasteiger partial charge on any atom is -0.369 e. The maximum Gasteiger partial charge on any atom is 0.254 e. The first-order chi connectivity index (χ1) is 20.7. The van der Waals surface area contributed by atoms with Crippen molar-refractivity contribution in [1.29, 1.82) is 0 Å². The van der Waals surface area contributed by atoms with Crippen LogP contribution in [-0.2, 0) is 0 Å². The third kappa shape index (κ3) is 6.85. The van der Waals surface area contributed by atoms with Gasteiger partial charge in [-0.3, -0.25) is 14.7 Å². The van der Waals surface area contributed by atoms with E-state index in [4.69, 9.17) is 0 Å². The average Bonchev–Trinajstić information content (AvgIpc) is 3.03. The highest BCUT2D eigenvalue weighted by Gasteiger charge is 2.25. The molecule has 4 aromatic rings. The Bertz CT molecular complexity index is 1560. The second kappa shape index (κ2) is 13.3. The van der Waals surface area contributed by atoms with Crippen molar-refractivity contribution in [2.45, 2.75) is 38.2 Å². The Kier molecular flexibility index (Phi) is 9.34. The Morgan fingerprint density at radius 1 is 1.09 bits per heavy atom. The molecule has 226 valence electrons. The number of amides is 1. The van der Waals surface area contributed by atoms with Crippen molar-refractivity contribution >= 4 is 28.4 Å². The van der Waals surface area contributed by atoms with Crippen LogP contribution in [0.25, 0.3) is 22.2 Å². The van der Waals surface area contributed by atoms with Crippen molar-refractivity contribution in [2.24, 2.45) is 0 Å². The van der Waals surface area contributed by atoms with Crippen molar-refractivity contribution < 1.29 is 18.0 Å². The zero-order chi connectivity index (χ0) is 30.5. The number of halogens is 3. The number of aromatic nitrogens is 4. The standard InChI is InChI=1S/C31H35F3N8O/c1-19(22-5-4-6-23-29(31(43)35-2)24(32)16-38-30(22)23)14-36-27-13-25(39-18-40-27)20-7-8-28(37-15-20)41(3)21-9-11-42(12-10-21)17-26(33)34/h4-8,13,15-16,18-19,21,26H,9-12,14,17H2,1-3H3,(H,35,43)(H,36,39,40). The highest BCUT2D eigenvalue weighted by Crippen LogP contribution is 2.29. The molecular formula is C31H35F3N8O. The number of likely N-dealkylation sites (tertiary alicyclic amines) is 1. The van der Waals surface area contributed by atoms with Crippen LogP contribution in [0.2, 0.25) is 0 Å². The first-order valence-electron chi connectivity index (χ1n) is 14.3. The number of fused-ring (bicyclic) bond motifs is 1. The van der Waals surface area contributed by atoms with Gasteiger partial charge in [0.05, 0.1) is 29.5 Å². The summed E-state index contributed by atoms with van der Waals surface area (Å²) in [5, 5.41) is 6.31. The van der Waals surface area contributed by atoms with E-state index < -0.39 is 18.1 Å². The molecule has 0 radical (unpaired) electrons. The van der Waals surface area contributed by atoms with Gasteiger partial charge in [-0.25, -0.2) is 28.1 Å². The molecular weight excluding hydrogens is 557 g/mol. The van der Waals surface area contributed by atoms with Gasteiger partial charge >= 0.3 is 0 Å². The number of piperidine rings is 1. The first-order valence-corrected chi connectivity index (χ1v) is 14.3. The quantitative estimate of drug-likeness (QED) is 0.267. The molecule has 1 aliphatic heterocycles. The van der Waals surface area contributed by atoms with Crippen LogP contribution in [0.1, 0.15) is 41.6 Å². The van der Waals surface area contributed by atoms with Crippen LogP contribution < -0.4 is 15.5 Å². The maximum atomic E-state index is 14.5. The van der Waals surface area contributed by atoms with E-state index >= 15 is 0 Å². The summed E-state index contributed by atoms with van der Waals surface area (Å²) in [5.41, 5.74) is 2.99. The number of rotatable bonds is 10. The molecule has 4 heterocycles. The molecule has 1 amide bonds. The summed E-state index contributed by atoms with van der Waals surface area (Å²) in [4.78, 5) is 34.0. The number of hydrogen-bond donors (Lipinski definition) is 2. The molecule has 1 saturated heterocycles. The molecule has 5 rings (SSSR count). The van der Waals surface area contributed by atoms with Crippen molar-refractivity contribution in [2.75, 3.05) is 50.5 Å². The van der Waals surface area contributed by atoms with Gasteiger partial charge in [0.2, 0.25) is 0 Å². The Balaban J connectivity index is 1.24. The van der Waals surface area contributed by atoms with Gasteiger partial charge < -0.3 is 15.5 Å². The minimum atomic E-state index is -2.30. The van der Waals surface area contributed by atoms with Gasteiger partial charge in [0, 0.05) is 68.9 Å². The Morgan fingerprint density at radius 2 is 1.88 bits per heavy atom. The molecule has 12 heteroatoms. The molecule has 43 heavy (non-hydrogen) atoms. The molecule has 2 N–H and O–H groups in total. The molecule has 0 bridgehead atoms.